The van der Waals surface area contributed by atoms with E-state index in [0.717, 1.165) is 6.54 Å². The Morgan fingerprint density at radius 1 is 1.13 bits per heavy atom. The van der Waals surface area contributed by atoms with Gasteiger partial charge in [0.15, 0.2) is 0 Å². The Morgan fingerprint density at radius 3 is 2.13 bits per heavy atom. The summed E-state index contributed by atoms with van der Waals surface area (Å²) in [6.07, 6.45) is 6.85. The van der Waals surface area contributed by atoms with Crippen molar-refractivity contribution in [1.29, 1.82) is 0 Å². The number of alkyl halides is 1. The molecule has 2 heteroatoms. The third kappa shape index (κ3) is 4.10. The van der Waals surface area contributed by atoms with Crippen molar-refractivity contribution in [3.8, 4) is 0 Å². The fraction of sp³-hybridized carbons (Fsp3) is 1.00. The third-order valence-electron chi connectivity index (χ3n) is 3.65. The summed E-state index contributed by atoms with van der Waals surface area (Å²) in [6.45, 7) is 5.92. The minimum atomic E-state index is -0.594. The van der Waals surface area contributed by atoms with Crippen LogP contribution in [0.4, 0.5) is 4.39 Å². The number of hydrogen-bond acceptors (Lipinski definition) is 1. The number of rotatable bonds is 7. The van der Waals surface area contributed by atoms with Crippen molar-refractivity contribution in [3.05, 3.63) is 0 Å². The van der Waals surface area contributed by atoms with Crippen LogP contribution in [0.5, 0.6) is 0 Å². The molecule has 15 heavy (non-hydrogen) atoms. The fourth-order valence-electron chi connectivity index (χ4n) is 2.63. The zero-order valence-corrected chi connectivity index (χ0v) is 10.3. The van der Waals surface area contributed by atoms with E-state index in [1.54, 1.807) is 0 Å². The maximum Gasteiger partial charge on any atom is 0.117 e. The smallest absolute Gasteiger partial charge is 0.117 e. The highest BCUT2D eigenvalue weighted by atomic mass is 19.1. The van der Waals surface area contributed by atoms with Gasteiger partial charge in [0.1, 0.15) is 6.17 Å². The molecule has 0 bridgehead atoms. The molecule has 1 unspecified atom stereocenters. The quantitative estimate of drug-likeness (QED) is 0.685. The molecule has 1 fully saturated rings. The van der Waals surface area contributed by atoms with Crippen LogP contribution in [-0.2, 0) is 0 Å². The summed E-state index contributed by atoms with van der Waals surface area (Å²) in [5.74, 6) is 0.915. The summed E-state index contributed by atoms with van der Waals surface area (Å²) in [5.41, 5.74) is 0. The predicted molar refractivity (Wildman–Crippen MR) is 63.8 cm³/mol. The molecule has 0 aromatic rings. The van der Waals surface area contributed by atoms with Crippen LogP contribution in [0.2, 0.25) is 0 Å². The van der Waals surface area contributed by atoms with Crippen molar-refractivity contribution in [2.75, 3.05) is 13.1 Å². The van der Waals surface area contributed by atoms with E-state index in [9.17, 15) is 4.39 Å². The van der Waals surface area contributed by atoms with E-state index in [1.807, 2.05) is 0 Å². The predicted octanol–water partition coefficient (Wildman–Crippen LogP) is 3.54. The summed E-state index contributed by atoms with van der Waals surface area (Å²) < 4.78 is 13.6. The lowest BCUT2D eigenvalue weighted by atomic mass is 9.83. The van der Waals surface area contributed by atoms with Gasteiger partial charge in [-0.25, -0.2) is 4.39 Å². The van der Waals surface area contributed by atoms with Gasteiger partial charge in [0, 0.05) is 19.0 Å². The molecule has 1 nitrogen and oxygen atoms in total. The Kier molecular flexibility index (Phi) is 6.23. The van der Waals surface area contributed by atoms with E-state index in [-0.39, 0.29) is 0 Å². The molecule has 1 saturated heterocycles. The molecule has 0 aromatic heterocycles. The standard InChI is InChI=1S/C13H26FN/c1-3-5-7-11(8-6-4-2)12-9-15-10-13(12)14/h11-13,15H,3-10H2,1-2H3/t12?,13-/m1/s1. The Balaban J connectivity index is 2.38. The van der Waals surface area contributed by atoms with Crippen LogP contribution in [0.15, 0.2) is 0 Å². The lowest BCUT2D eigenvalue weighted by molar-refractivity contribution is 0.192. The Morgan fingerprint density at radius 2 is 1.73 bits per heavy atom. The molecular formula is C13H26FN. The monoisotopic (exact) mass is 215 g/mol. The maximum atomic E-state index is 13.6. The van der Waals surface area contributed by atoms with E-state index in [0.29, 0.717) is 18.4 Å². The summed E-state index contributed by atoms with van der Waals surface area (Å²) in [6, 6.07) is 0. The van der Waals surface area contributed by atoms with Crippen molar-refractivity contribution in [2.24, 2.45) is 11.8 Å². The number of nitrogens with one attached hydrogen (secondary N) is 1. The molecule has 0 spiro atoms. The maximum absolute atomic E-state index is 13.6. The molecule has 0 aliphatic carbocycles. The highest BCUT2D eigenvalue weighted by Gasteiger charge is 2.32. The highest BCUT2D eigenvalue weighted by Crippen LogP contribution is 2.30. The molecule has 1 aliphatic rings. The zero-order chi connectivity index (χ0) is 11.1. The number of unbranched alkanes of at least 4 members (excludes halogenated alkanes) is 2. The molecule has 1 rings (SSSR count). The Hall–Kier alpha value is -0.110. The molecule has 1 aliphatic heterocycles. The van der Waals surface area contributed by atoms with Gasteiger partial charge in [-0.05, 0) is 5.92 Å². The van der Waals surface area contributed by atoms with Crippen LogP contribution in [0, 0.1) is 11.8 Å². The summed E-state index contributed by atoms with van der Waals surface area (Å²) in [5, 5.41) is 3.18. The van der Waals surface area contributed by atoms with Gasteiger partial charge in [-0.3, -0.25) is 0 Å². The summed E-state index contributed by atoms with van der Waals surface area (Å²) in [7, 11) is 0. The fourth-order valence-corrected chi connectivity index (χ4v) is 2.63. The molecule has 0 saturated carbocycles. The number of halogens is 1. The molecular weight excluding hydrogens is 189 g/mol. The number of hydrogen-bond donors (Lipinski definition) is 1. The van der Waals surface area contributed by atoms with Crippen LogP contribution in [0.25, 0.3) is 0 Å². The first-order chi connectivity index (χ1) is 7.29. The third-order valence-corrected chi connectivity index (χ3v) is 3.65. The average Bonchev–Trinajstić information content (AvgIpc) is 2.65. The first kappa shape index (κ1) is 13.0. The van der Waals surface area contributed by atoms with Gasteiger partial charge in [0.05, 0.1) is 0 Å². The first-order valence-corrected chi connectivity index (χ1v) is 6.64. The van der Waals surface area contributed by atoms with E-state index < -0.39 is 6.17 Å². The molecule has 2 atom stereocenters. The van der Waals surface area contributed by atoms with Crippen LogP contribution >= 0.6 is 0 Å². The second-order valence-corrected chi connectivity index (χ2v) is 4.88. The zero-order valence-electron chi connectivity index (χ0n) is 10.3. The average molecular weight is 215 g/mol. The van der Waals surface area contributed by atoms with Gasteiger partial charge in [-0.1, -0.05) is 52.4 Å². The van der Waals surface area contributed by atoms with E-state index >= 15 is 0 Å². The normalized spacial score (nSPS) is 26.4. The Labute approximate surface area is 93.8 Å². The van der Waals surface area contributed by atoms with Crippen LogP contribution in [0.1, 0.15) is 52.4 Å². The minimum Gasteiger partial charge on any atom is -0.313 e. The van der Waals surface area contributed by atoms with Crippen LogP contribution in [-0.4, -0.2) is 19.3 Å². The lowest BCUT2D eigenvalue weighted by Crippen LogP contribution is -2.23. The lowest BCUT2D eigenvalue weighted by Gasteiger charge is -2.24. The van der Waals surface area contributed by atoms with E-state index in [1.165, 1.54) is 38.5 Å². The van der Waals surface area contributed by atoms with Crippen molar-refractivity contribution < 1.29 is 4.39 Å². The minimum absolute atomic E-state index is 0.295. The van der Waals surface area contributed by atoms with Crippen molar-refractivity contribution in [3.63, 3.8) is 0 Å². The molecule has 0 amide bonds. The SMILES string of the molecule is CCCCC(CCCC)C1CNC[C@H]1F. The second-order valence-electron chi connectivity index (χ2n) is 4.88. The van der Waals surface area contributed by atoms with Gasteiger partial charge < -0.3 is 5.32 Å². The molecule has 0 aromatic carbocycles. The van der Waals surface area contributed by atoms with Gasteiger partial charge in [-0.15, -0.1) is 0 Å². The topological polar surface area (TPSA) is 12.0 Å². The van der Waals surface area contributed by atoms with Gasteiger partial charge >= 0.3 is 0 Å². The van der Waals surface area contributed by atoms with Gasteiger partial charge in [0.25, 0.3) is 0 Å². The van der Waals surface area contributed by atoms with E-state index in [2.05, 4.69) is 19.2 Å². The second kappa shape index (κ2) is 7.21. The van der Waals surface area contributed by atoms with E-state index in [4.69, 9.17) is 0 Å². The largest absolute Gasteiger partial charge is 0.313 e. The molecule has 90 valence electrons. The molecule has 1 N–H and O–H groups in total. The summed E-state index contributed by atoms with van der Waals surface area (Å²) >= 11 is 0. The van der Waals surface area contributed by atoms with Crippen molar-refractivity contribution >= 4 is 0 Å². The van der Waals surface area contributed by atoms with Crippen molar-refractivity contribution in [1.82, 2.24) is 5.32 Å². The van der Waals surface area contributed by atoms with Crippen LogP contribution in [0.3, 0.4) is 0 Å². The first-order valence-electron chi connectivity index (χ1n) is 6.64. The summed E-state index contributed by atoms with van der Waals surface area (Å²) in [4.78, 5) is 0. The highest BCUT2D eigenvalue weighted by molar-refractivity contribution is 4.85. The molecule has 0 radical (unpaired) electrons. The Bertz CT molecular complexity index is 153. The molecule has 1 heterocycles. The van der Waals surface area contributed by atoms with Crippen LogP contribution < -0.4 is 5.32 Å². The van der Waals surface area contributed by atoms with Gasteiger partial charge in [0.2, 0.25) is 0 Å². The van der Waals surface area contributed by atoms with Gasteiger partial charge in [-0.2, -0.15) is 0 Å². The van der Waals surface area contributed by atoms with Crippen molar-refractivity contribution in [2.45, 2.75) is 58.5 Å².